The fourth-order valence-electron chi connectivity index (χ4n) is 0.988. The van der Waals surface area contributed by atoms with E-state index in [4.69, 9.17) is 4.74 Å². The Bertz CT molecular complexity index is 228. The smallest absolute Gasteiger partial charge is 0.148 e. The molecule has 0 bridgehead atoms. The number of rotatable bonds is 5. The van der Waals surface area contributed by atoms with E-state index in [1.807, 2.05) is 26.0 Å². The third-order valence-corrected chi connectivity index (χ3v) is 1.59. The van der Waals surface area contributed by atoms with Gasteiger partial charge in [0.25, 0.3) is 0 Å². The van der Waals surface area contributed by atoms with Crippen LogP contribution in [-0.4, -0.2) is 29.5 Å². The van der Waals surface area contributed by atoms with Crippen molar-refractivity contribution in [3.8, 4) is 0 Å². The van der Waals surface area contributed by atoms with E-state index in [2.05, 4.69) is 15.5 Å². The Balaban J connectivity index is 2.27. The number of aromatic nitrogens is 2. The van der Waals surface area contributed by atoms with Gasteiger partial charge in [-0.05, 0) is 26.0 Å². The molecule has 0 saturated carbocycles. The standard InChI is InChI=1S/C9H15N3O/c1-3-13-8(2)7-10-9-5-4-6-11-12-9/h4-6,8H,3,7H2,1-2H3,(H,10,12). The largest absolute Gasteiger partial charge is 0.377 e. The average Bonchev–Trinajstić information content (AvgIpc) is 2.17. The summed E-state index contributed by atoms with van der Waals surface area (Å²) in [6.45, 7) is 5.50. The average molecular weight is 181 g/mol. The molecule has 1 unspecified atom stereocenters. The van der Waals surface area contributed by atoms with Crippen molar-refractivity contribution in [2.75, 3.05) is 18.5 Å². The first-order chi connectivity index (χ1) is 6.33. The molecule has 1 rings (SSSR count). The maximum atomic E-state index is 5.35. The van der Waals surface area contributed by atoms with Crippen molar-refractivity contribution >= 4 is 5.82 Å². The topological polar surface area (TPSA) is 47.0 Å². The van der Waals surface area contributed by atoms with Gasteiger partial charge in [-0.1, -0.05) is 0 Å². The molecule has 0 saturated heterocycles. The predicted octanol–water partition coefficient (Wildman–Crippen LogP) is 1.31. The zero-order chi connectivity index (χ0) is 9.52. The summed E-state index contributed by atoms with van der Waals surface area (Å²) in [5.74, 6) is 0.786. The van der Waals surface area contributed by atoms with Crippen LogP contribution < -0.4 is 5.32 Å². The summed E-state index contributed by atoms with van der Waals surface area (Å²) in [5, 5.41) is 10.8. The second-order valence-corrected chi connectivity index (χ2v) is 2.76. The van der Waals surface area contributed by atoms with Crippen molar-refractivity contribution in [1.29, 1.82) is 0 Å². The number of hydrogen-bond acceptors (Lipinski definition) is 4. The molecule has 0 aromatic carbocycles. The van der Waals surface area contributed by atoms with Gasteiger partial charge in [0.05, 0.1) is 6.10 Å². The van der Waals surface area contributed by atoms with Crippen molar-refractivity contribution in [3.05, 3.63) is 18.3 Å². The van der Waals surface area contributed by atoms with Crippen molar-refractivity contribution in [1.82, 2.24) is 10.2 Å². The van der Waals surface area contributed by atoms with Gasteiger partial charge in [-0.2, -0.15) is 5.10 Å². The summed E-state index contributed by atoms with van der Waals surface area (Å²) in [6.07, 6.45) is 1.85. The number of nitrogens with zero attached hydrogens (tertiary/aromatic N) is 2. The molecule has 0 amide bonds. The Labute approximate surface area is 78.3 Å². The first kappa shape index (κ1) is 9.92. The number of anilines is 1. The van der Waals surface area contributed by atoms with E-state index >= 15 is 0 Å². The zero-order valence-corrected chi connectivity index (χ0v) is 8.03. The molecule has 1 heterocycles. The lowest BCUT2D eigenvalue weighted by Gasteiger charge is -2.12. The molecule has 4 nitrogen and oxygen atoms in total. The van der Waals surface area contributed by atoms with Gasteiger partial charge in [-0.15, -0.1) is 5.10 Å². The molecule has 0 radical (unpaired) electrons. The summed E-state index contributed by atoms with van der Waals surface area (Å²) in [5.41, 5.74) is 0. The van der Waals surface area contributed by atoms with Crippen molar-refractivity contribution in [3.63, 3.8) is 0 Å². The van der Waals surface area contributed by atoms with Crippen molar-refractivity contribution in [2.45, 2.75) is 20.0 Å². The van der Waals surface area contributed by atoms with Crippen molar-refractivity contribution in [2.24, 2.45) is 0 Å². The van der Waals surface area contributed by atoms with Gasteiger partial charge in [0.2, 0.25) is 0 Å². The Morgan fingerprint density at radius 3 is 3.08 bits per heavy atom. The van der Waals surface area contributed by atoms with E-state index in [0.717, 1.165) is 19.0 Å². The zero-order valence-electron chi connectivity index (χ0n) is 8.03. The first-order valence-electron chi connectivity index (χ1n) is 4.46. The highest BCUT2D eigenvalue weighted by Crippen LogP contribution is 1.99. The molecule has 13 heavy (non-hydrogen) atoms. The summed E-state index contributed by atoms with van der Waals surface area (Å²) >= 11 is 0. The third-order valence-electron chi connectivity index (χ3n) is 1.59. The minimum absolute atomic E-state index is 0.201. The number of nitrogens with one attached hydrogen (secondary N) is 1. The Hall–Kier alpha value is -1.16. The van der Waals surface area contributed by atoms with E-state index < -0.39 is 0 Å². The lowest BCUT2D eigenvalue weighted by atomic mass is 10.4. The van der Waals surface area contributed by atoms with Crippen LogP contribution in [0.5, 0.6) is 0 Å². The lowest BCUT2D eigenvalue weighted by Crippen LogP contribution is -2.20. The second kappa shape index (κ2) is 5.48. The highest BCUT2D eigenvalue weighted by molar-refractivity contribution is 5.31. The van der Waals surface area contributed by atoms with E-state index in [9.17, 15) is 0 Å². The molecule has 0 spiro atoms. The van der Waals surface area contributed by atoms with Gasteiger partial charge in [0.15, 0.2) is 0 Å². The quantitative estimate of drug-likeness (QED) is 0.744. The monoisotopic (exact) mass is 181 g/mol. The summed E-state index contributed by atoms with van der Waals surface area (Å²) in [4.78, 5) is 0. The van der Waals surface area contributed by atoms with E-state index in [-0.39, 0.29) is 6.10 Å². The van der Waals surface area contributed by atoms with E-state index in [1.165, 1.54) is 0 Å². The van der Waals surface area contributed by atoms with Gasteiger partial charge in [-0.3, -0.25) is 0 Å². The SMILES string of the molecule is CCOC(C)CNc1cccnn1. The van der Waals surface area contributed by atoms with Gasteiger partial charge in [0.1, 0.15) is 5.82 Å². The van der Waals surface area contributed by atoms with Crippen LogP contribution in [0.25, 0.3) is 0 Å². The molecule has 0 aliphatic carbocycles. The highest BCUT2D eigenvalue weighted by Gasteiger charge is 2.00. The maximum Gasteiger partial charge on any atom is 0.148 e. The fraction of sp³-hybridized carbons (Fsp3) is 0.556. The fourth-order valence-corrected chi connectivity index (χ4v) is 0.988. The molecule has 72 valence electrons. The van der Waals surface area contributed by atoms with Crippen LogP contribution in [0.2, 0.25) is 0 Å². The van der Waals surface area contributed by atoms with Crippen LogP contribution in [0.4, 0.5) is 5.82 Å². The van der Waals surface area contributed by atoms with Crippen LogP contribution in [-0.2, 0) is 4.74 Å². The van der Waals surface area contributed by atoms with Crippen LogP contribution in [0.15, 0.2) is 18.3 Å². The first-order valence-corrected chi connectivity index (χ1v) is 4.46. The molecular weight excluding hydrogens is 166 g/mol. The molecule has 1 aromatic rings. The minimum Gasteiger partial charge on any atom is -0.377 e. The van der Waals surface area contributed by atoms with Crippen LogP contribution in [0.1, 0.15) is 13.8 Å². The molecule has 0 fully saturated rings. The molecule has 1 atom stereocenters. The minimum atomic E-state index is 0.201. The van der Waals surface area contributed by atoms with Gasteiger partial charge >= 0.3 is 0 Å². The van der Waals surface area contributed by atoms with Crippen LogP contribution >= 0.6 is 0 Å². The van der Waals surface area contributed by atoms with Crippen LogP contribution in [0.3, 0.4) is 0 Å². The normalized spacial score (nSPS) is 12.5. The number of ether oxygens (including phenoxy) is 1. The molecule has 0 aliphatic heterocycles. The Morgan fingerprint density at radius 2 is 2.46 bits per heavy atom. The van der Waals surface area contributed by atoms with E-state index in [1.54, 1.807) is 6.20 Å². The molecule has 0 aliphatic rings. The van der Waals surface area contributed by atoms with Gasteiger partial charge in [-0.25, -0.2) is 0 Å². The summed E-state index contributed by atoms with van der Waals surface area (Å²) < 4.78 is 5.35. The summed E-state index contributed by atoms with van der Waals surface area (Å²) in [7, 11) is 0. The van der Waals surface area contributed by atoms with Gasteiger partial charge < -0.3 is 10.1 Å². The number of hydrogen-bond donors (Lipinski definition) is 1. The summed E-state index contributed by atoms with van der Waals surface area (Å²) in [6, 6.07) is 3.73. The molecule has 1 aromatic heterocycles. The highest BCUT2D eigenvalue weighted by atomic mass is 16.5. The Kier molecular flexibility index (Phi) is 4.18. The van der Waals surface area contributed by atoms with Crippen molar-refractivity contribution < 1.29 is 4.74 Å². The van der Waals surface area contributed by atoms with Crippen LogP contribution in [0, 0.1) is 0 Å². The van der Waals surface area contributed by atoms with Gasteiger partial charge in [0, 0.05) is 19.3 Å². The molecule has 4 heteroatoms. The lowest BCUT2D eigenvalue weighted by molar-refractivity contribution is 0.0854. The van der Waals surface area contributed by atoms with E-state index in [0.29, 0.717) is 0 Å². The maximum absolute atomic E-state index is 5.35. The third kappa shape index (κ3) is 3.85. The molecular formula is C9H15N3O. The Morgan fingerprint density at radius 1 is 1.62 bits per heavy atom. The molecule has 1 N–H and O–H groups in total. The predicted molar refractivity (Wildman–Crippen MR) is 51.6 cm³/mol. The second-order valence-electron chi connectivity index (χ2n) is 2.76.